The molecule has 5 rings (SSSR count). The minimum atomic E-state index is -2.18. The molecule has 0 heterocycles. The zero-order valence-corrected chi connectivity index (χ0v) is 29.1. The molecule has 0 amide bonds. The van der Waals surface area contributed by atoms with Gasteiger partial charge in [-0.2, -0.15) is 0 Å². The van der Waals surface area contributed by atoms with E-state index in [0.717, 1.165) is 0 Å². The Labute approximate surface area is 302 Å². The van der Waals surface area contributed by atoms with Crippen molar-refractivity contribution in [3.05, 3.63) is 121 Å². The van der Waals surface area contributed by atoms with Crippen LogP contribution in [0.4, 0.5) is 0 Å². The van der Waals surface area contributed by atoms with Crippen LogP contribution in [0.2, 0.25) is 0 Å². The molecular weight excluding hydrogens is 702 g/mol. The van der Waals surface area contributed by atoms with E-state index in [1.54, 1.807) is 0 Å². The second kappa shape index (κ2) is 17.0. The molecule has 1 aliphatic carbocycles. The molecule has 50 heavy (non-hydrogen) atoms. The Hall–Kier alpha value is -4.38. The van der Waals surface area contributed by atoms with Crippen molar-refractivity contribution in [2.24, 2.45) is 16.9 Å². The van der Waals surface area contributed by atoms with Gasteiger partial charge in [0.05, 0.1) is 0 Å². The van der Waals surface area contributed by atoms with Crippen molar-refractivity contribution in [2.75, 3.05) is 0 Å². The van der Waals surface area contributed by atoms with Crippen LogP contribution in [-0.4, -0.2) is 35.0 Å². The number of benzene rings is 4. The molecule has 0 aromatic heterocycles. The van der Waals surface area contributed by atoms with Crippen molar-refractivity contribution >= 4 is 52.4 Å². The Bertz CT molecular complexity index is 1570. The van der Waals surface area contributed by atoms with Crippen molar-refractivity contribution in [1.82, 2.24) is 0 Å². The van der Waals surface area contributed by atoms with Gasteiger partial charge in [-0.3, -0.25) is 0 Å². The maximum Gasteiger partial charge on any atom is 3.00 e. The molecule has 4 aromatic rings. The van der Waals surface area contributed by atoms with Crippen LogP contribution in [0.3, 0.4) is 0 Å². The van der Waals surface area contributed by atoms with Gasteiger partial charge in [0.15, 0.2) is 0 Å². The summed E-state index contributed by atoms with van der Waals surface area (Å²) in [5, 5.41) is 50.1. The van der Waals surface area contributed by atoms with Gasteiger partial charge in [0.2, 0.25) is 0 Å². The van der Waals surface area contributed by atoms with Crippen molar-refractivity contribution in [3.63, 3.8) is 0 Å². The number of rotatable bonds is 12. The Kier molecular flexibility index (Phi) is 13.6. The first-order valence-electron chi connectivity index (χ1n) is 15.8. The minimum Gasteiger partial charge on any atom is -0.550 e. The average molecular weight is 741 g/mol. The molecule has 262 valence electrons. The van der Waals surface area contributed by atoms with Crippen LogP contribution in [0.1, 0.15) is 44.9 Å². The van der Waals surface area contributed by atoms with Gasteiger partial charge in [-0.05, 0) is 74.2 Å². The third kappa shape index (κ3) is 8.31. The fraction of sp³-hybridized carbons (Fsp3) is 0.263. The third-order valence-electron chi connectivity index (χ3n) is 9.54. The summed E-state index contributed by atoms with van der Waals surface area (Å²) in [4.78, 5) is 44.5. The first-order valence-corrected chi connectivity index (χ1v) is 17.6. The van der Waals surface area contributed by atoms with Gasteiger partial charge < -0.3 is 51.1 Å². The van der Waals surface area contributed by atoms with Gasteiger partial charge in [0, 0.05) is 53.2 Å². The van der Waals surface area contributed by atoms with Crippen LogP contribution in [0.15, 0.2) is 121 Å². The van der Waals surface area contributed by atoms with E-state index in [-0.39, 0.29) is 36.0 Å². The molecule has 2 atom stereocenters. The largest absolute Gasteiger partial charge is 3.00 e. The zero-order chi connectivity index (χ0) is 35.7. The van der Waals surface area contributed by atoms with Crippen molar-refractivity contribution in [3.8, 4) is 0 Å². The Morgan fingerprint density at radius 3 is 1.08 bits per heavy atom. The predicted molar refractivity (Wildman–Crippen MR) is 180 cm³/mol. The number of carboxylic acid groups (broad SMARTS) is 4. The van der Waals surface area contributed by atoms with Gasteiger partial charge in [0.1, 0.15) is 28.5 Å². The Morgan fingerprint density at radius 1 is 0.500 bits per heavy atom. The summed E-state index contributed by atoms with van der Waals surface area (Å²) in [5.74, 6) is -6.67. The fourth-order valence-corrected chi connectivity index (χ4v) is 11.7. The number of carbonyl (C=O) groups excluding carboxylic acids is 4. The second-order valence-electron chi connectivity index (χ2n) is 12.5. The molecule has 0 radical (unpaired) electrons. The standard InChI is InChI=1S/C24H20P.C14H22N2O8.Co/c1-5-13-21(14-6-1)25(22-15-7-2-8-16-22,23-17-9-3-10-18-23)24-19-11-4-12-20-24;15-13(6-10(21)22)3-1-2-12(4-8(17)18,5-9(19)20)14(13,16)7-11(23)24;/h1-20H;1-7,15-16H2,(H,17,18)(H,19,20)(H,21,22)(H,23,24);/q+1;;+3/p-4/t;13-,14+;/m.0./s1. The molecule has 1 aliphatic rings. The number of hydrogen-bond donors (Lipinski definition) is 2. The van der Waals surface area contributed by atoms with E-state index in [1.165, 1.54) is 21.2 Å². The van der Waals surface area contributed by atoms with Crippen molar-refractivity contribution < 1.29 is 56.4 Å². The molecule has 0 saturated heterocycles. The molecule has 0 spiro atoms. The summed E-state index contributed by atoms with van der Waals surface area (Å²) >= 11 is 0. The SMILES string of the molecule is N[C@]1(CC(=O)[O-])CCCC(CC(=O)[O-])(CC(=O)[O-])[C@]1(N)CC(=O)[O-].[Co+3].c1ccc([P+](c2ccccc2)(c2ccccc2)c2ccccc2)cc1. The third-order valence-corrected chi connectivity index (χ3v) is 13.8. The van der Waals surface area contributed by atoms with Crippen LogP contribution in [0.5, 0.6) is 0 Å². The predicted octanol–water partition coefficient (Wildman–Crippen LogP) is -1.58. The van der Waals surface area contributed by atoms with Crippen LogP contribution in [0, 0.1) is 5.41 Å². The molecule has 4 aromatic carbocycles. The summed E-state index contributed by atoms with van der Waals surface area (Å²) in [7, 11) is -1.91. The van der Waals surface area contributed by atoms with E-state index in [0.29, 0.717) is 0 Å². The average Bonchev–Trinajstić information content (AvgIpc) is 3.05. The topological polar surface area (TPSA) is 213 Å². The summed E-state index contributed by atoms with van der Waals surface area (Å²) in [6.07, 6.45) is -3.68. The minimum absolute atomic E-state index is 0. The molecular formula is C38H38CoN2O8P. The van der Waals surface area contributed by atoms with Gasteiger partial charge in [-0.25, -0.2) is 0 Å². The second-order valence-corrected chi connectivity index (χ2v) is 15.9. The first-order chi connectivity index (χ1) is 23.3. The molecule has 4 N–H and O–H groups in total. The van der Waals surface area contributed by atoms with Crippen molar-refractivity contribution in [1.29, 1.82) is 0 Å². The van der Waals surface area contributed by atoms with Gasteiger partial charge in [-0.1, -0.05) is 79.2 Å². The van der Waals surface area contributed by atoms with Crippen LogP contribution >= 0.6 is 7.26 Å². The monoisotopic (exact) mass is 740 g/mol. The summed E-state index contributed by atoms with van der Waals surface area (Å²) in [6, 6.07) is 43.8. The number of carbonyl (C=O) groups is 4. The van der Waals surface area contributed by atoms with Crippen molar-refractivity contribution in [2.45, 2.75) is 56.0 Å². The zero-order valence-electron chi connectivity index (χ0n) is 27.2. The number of aliphatic carboxylic acids is 4. The summed E-state index contributed by atoms with van der Waals surface area (Å²) < 4.78 is 0. The van der Waals surface area contributed by atoms with E-state index in [4.69, 9.17) is 11.5 Å². The molecule has 10 nitrogen and oxygen atoms in total. The van der Waals surface area contributed by atoms with E-state index in [2.05, 4.69) is 121 Å². The fourth-order valence-electron chi connectivity index (χ4n) is 7.42. The number of nitrogens with two attached hydrogens (primary N) is 2. The summed E-state index contributed by atoms with van der Waals surface area (Å²) in [6.45, 7) is 0. The number of carboxylic acids is 4. The number of hydrogen-bond acceptors (Lipinski definition) is 10. The molecule has 12 heteroatoms. The van der Waals surface area contributed by atoms with Crippen LogP contribution in [0.25, 0.3) is 0 Å². The molecule has 1 saturated carbocycles. The summed E-state index contributed by atoms with van der Waals surface area (Å²) in [5.41, 5.74) is 6.26. The molecule has 0 unspecified atom stereocenters. The molecule has 0 bridgehead atoms. The van der Waals surface area contributed by atoms with E-state index >= 15 is 0 Å². The first kappa shape index (κ1) is 40.0. The van der Waals surface area contributed by atoms with E-state index in [1.807, 2.05) is 0 Å². The normalized spacial score (nSPS) is 19.5. The quantitative estimate of drug-likeness (QED) is 0.159. The molecule has 1 fully saturated rings. The van der Waals surface area contributed by atoms with Gasteiger partial charge >= 0.3 is 16.8 Å². The van der Waals surface area contributed by atoms with Crippen LogP contribution < -0.4 is 53.1 Å². The van der Waals surface area contributed by atoms with E-state index < -0.39 is 73.3 Å². The van der Waals surface area contributed by atoms with Crippen LogP contribution in [-0.2, 0) is 36.0 Å². The van der Waals surface area contributed by atoms with Gasteiger partial charge in [0.25, 0.3) is 0 Å². The maximum atomic E-state index is 11.2. The van der Waals surface area contributed by atoms with Gasteiger partial charge in [-0.15, -0.1) is 0 Å². The Balaban J connectivity index is 0.000000266. The smallest absolute Gasteiger partial charge is 0.550 e. The molecule has 0 aliphatic heterocycles. The van der Waals surface area contributed by atoms with E-state index in [9.17, 15) is 39.6 Å². The Morgan fingerprint density at radius 2 is 0.800 bits per heavy atom. The maximum absolute atomic E-state index is 11.2.